The van der Waals surface area contributed by atoms with Crippen LogP contribution in [-0.4, -0.2) is 33.5 Å². The maximum absolute atomic E-state index is 12.7. The Hall–Kier alpha value is -2.96. The van der Waals surface area contributed by atoms with Crippen molar-refractivity contribution in [1.82, 2.24) is 4.57 Å². The van der Waals surface area contributed by atoms with Gasteiger partial charge in [-0.3, -0.25) is 25.0 Å². The average Bonchev–Trinajstić information content (AvgIpc) is 3.03. The van der Waals surface area contributed by atoms with Gasteiger partial charge in [0.1, 0.15) is 0 Å². The van der Waals surface area contributed by atoms with Crippen molar-refractivity contribution in [3.05, 3.63) is 71.5 Å². The van der Waals surface area contributed by atoms with Crippen LogP contribution in [0.5, 0.6) is 0 Å². The van der Waals surface area contributed by atoms with E-state index in [9.17, 15) is 25.0 Å². The van der Waals surface area contributed by atoms with Crippen LogP contribution in [0.2, 0.25) is 0 Å². The van der Waals surface area contributed by atoms with Crippen LogP contribution in [0.4, 0.5) is 11.4 Å². The summed E-state index contributed by atoms with van der Waals surface area (Å²) in [7, 11) is 0. The Balaban J connectivity index is 2.11. The molecule has 0 N–H and O–H groups in total. The second-order valence-corrected chi connectivity index (χ2v) is 7.94. The lowest BCUT2D eigenvalue weighted by atomic mass is 10.1. The Bertz CT molecular complexity index is 1190. The minimum Gasteiger partial charge on any atom is -0.380 e. The smallest absolute Gasteiger partial charge is 0.280 e. The van der Waals surface area contributed by atoms with Gasteiger partial charge in [-0.15, -0.1) is 0 Å². The second-order valence-electron chi connectivity index (χ2n) is 6.01. The fourth-order valence-electron chi connectivity index (χ4n) is 2.73. The molecule has 0 spiro atoms. The topological polar surface area (TPSA) is 130 Å². The van der Waals surface area contributed by atoms with Gasteiger partial charge in [0.25, 0.3) is 17.3 Å². The molecule has 1 amide bonds. The van der Waals surface area contributed by atoms with Crippen LogP contribution in [0, 0.1) is 20.2 Å². The van der Waals surface area contributed by atoms with Gasteiger partial charge in [-0.25, -0.2) is 0 Å². The van der Waals surface area contributed by atoms with Crippen molar-refractivity contribution in [2.75, 3.05) is 13.2 Å². The summed E-state index contributed by atoms with van der Waals surface area (Å²) in [5, 5.41) is 22.2. The van der Waals surface area contributed by atoms with Gasteiger partial charge in [0, 0.05) is 29.8 Å². The molecule has 0 aliphatic rings. The highest BCUT2D eigenvalue weighted by Gasteiger charge is 2.20. The van der Waals surface area contributed by atoms with Crippen molar-refractivity contribution >= 4 is 54.8 Å². The number of rotatable bonds is 7. The number of amides is 1. The zero-order valence-corrected chi connectivity index (χ0v) is 18.0. The number of non-ortho nitro benzene ring substituents is 2. The Kier molecular flexibility index (Phi) is 6.70. The van der Waals surface area contributed by atoms with Crippen molar-refractivity contribution < 1.29 is 19.4 Å². The fraction of sp³-hybridized carbons (Fsp3) is 0.222. The van der Waals surface area contributed by atoms with Crippen LogP contribution < -0.4 is 4.80 Å². The van der Waals surface area contributed by atoms with Crippen molar-refractivity contribution in [3.8, 4) is 0 Å². The minimum atomic E-state index is -0.808. The molecular formula is C18H15BrN4O6S. The summed E-state index contributed by atoms with van der Waals surface area (Å²) >= 11 is 4.67. The van der Waals surface area contributed by atoms with E-state index in [-0.39, 0.29) is 5.56 Å². The predicted octanol–water partition coefficient (Wildman–Crippen LogP) is 4.06. The summed E-state index contributed by atoms with van der Waals surface area (Å²) in [5.41, 5.74) is -0.482. The van der Waals surface area contributed by atoms with Crippen molar-refractivity contribution in [2.45, 2.75) is 13.5 Å². The van der Waals surface area contributed by atoms with Crippen LogP contribution in [0.1, 0.15) is 17.3 Å². The summed E-state index contributed by atoms with van der Waals surface area (Å²) in [4.78, 5) is 37.8. The molecule has 30 heavy (non-hydrogen) atoms. The molecule has 1 heterocycles. The second kappa shape index (κ2) is 9.24. The number of benzene rings is 2. The highest BCUT2D eigenvalue weighted by Crippen LogP contribution is 2.24. The Morgan fingerprint density at radius 1 is 1.17 bits per heavy atom. The van der Waals surface area contributed by atoms with Gasteiger partial charge < -0.3 is 9.30 Å². The molecule has 12 heteroatoms. The summed E-state index contributed by atoms with van der Waals surface area (Å²) in [6, 6.07) is 8.39. The highest BCUT2D eigenvalue weighted by atomic mass is 79.9. The summed E-state index contributed by atoms with van der Waals surface area (Å²) in [6.07, 6.45) is 0. The predicted molar refractivity (Wildman–Crippen MR) is 114 cm³/mol. The molecule has 3 aromatic rings. The van der Waals surface area contributed by atoms with Gasteiger partial charge in [0.05, 0.1) is 38.3 Å². The largest absolute Gasteiger partial charge is 0.380 e. The lowest BCUT2D eigenvalue weighted by Gasteiger charge is -2.05. The number of halogens is 1. The highest BCUT2D eigenvalue weighted by molar-refractivity contribution is 9.10. The molecule has 0 unspecified atom stereocenters. The molecule has 0 radical (unpaired) electrons. The van der Waals surface area contributed by atoms with Crippen LogP contribution >= 0.6 is 27.3 Å². The van der Waals surface area contributed by atoms with Crippen LogP contribution in [0.25, 0.3) is 10.2 Å². The van der Waals surface area contributed by atoms with Crippen LogP contribution in [0.15, 0.2) is 45.9 Å². The maximum Gasteiger partial charge on any atom is 0.280 e. The first-order valence-corrected chi connectivity index (χ1v) is 10.3. The standard InChI is InChI=1S/C18H15BrN4O6S/c1-2-29-6-5-21-15-4-3-12(19)9-16(15)30-18(21)20-17(24)11-7-13(22(25)26)10-14(8-11)23(27)28/h3-4,7-10H,2,5-6H2,1H3. The number of aromatic nitrogens is 1. The fourth-order valence-corrected chi connectivity index (χ4v) is 4.34. The lowest BCUT2D eigenvalue weighted by Crippen LogP contribution is -2.19. The molecule has 0 saturated carbocycles. The number of fused-ring (bicyclic) bond motifs is 1. The zero-order valence-electron chi connectivity index (χ0n) is 15.6. The van der Waals surface area contributed by atoms with E-state index in [0.717, 1.165) is 32.9 Å². The van der Waals surface area contributed by atoms with E-state index in [2.05, 4.69) is 20.9 Å². The van der Waals surface area contributed by atoms with Gasteiger partial charge in [-0.2, -0.15) is 4.99 Å². The number of nitrogens with zero attached hydrogens (tertiary/aromatic N) is 4. The summed E-state index contributed by atoms with van der Waals surface area (Å²) < 4.78 is 8.95. The van der Waals surface area contributed by atoms with Gasteiger partial charge in [0.2, 0.25) is 0 Å². The van der Waals surface area contributed by atoms with Crippen molar-refractivity contribution in [1.29, 1.82) is 0 Å². The molecule has 0 aliphatic carbocycles. The first-order valence-electron chi connectivity index (χ1n) is 8.69. The van der Waals surface area contributed by atoms with Crippen molar-refractivity contribution in [2.24, 2.45) is 4.99 Å². The quantitative estimate of drug-likeness (QED) is 0.276. The number of hydrogen-bond acceptors (Lipinski definition) is 7. The lowest BCUT2D eigenvalue weighted by molar-refractivity contribution is -0.394. The third kappa shape index (κ3) is 4.78. The normalized spacial score (nSPS) is 11.7. The third-order valence-corrected chi connectivity index (χ3v) is 5.61. The van der Waals surface area contributed by atoms with Crippen molar-refractivity contribution in [3.63, 3.8) is 0 Å². The molecule has 3 rings (SSSR count). The Morgan fingerprint density at radius 2 is 1.83 bits per heavy atom. The molecule has 1 aromatic heterocycles. The zero-order chi connectivity index (χ0) is 21.8. The third-order valence-electron chi connectivity index (χ3n) is 4.08. The first-order chi connectivity index (χ1) is 14.3. The summed E-state index contributed by atoms with van der Waals surface area (Å²) in [6.45, 7) is 3.26. The number of hydrogen-bond donors (Lipinski definition) is 0. The molecular weight excluding hydrogens is 480 g/mol. The van der Waals surface area contributed by atoms with Gasteiger partial charge in [-0.1, -0.05) is 27.3 Å². The average molecular weight is 495 g/mol. The SMILES string of the molecule is CCOCCn1c(=NC(=O)c2cc([N+](=O)[O-])cc([N+](=O)[O-])c2)sc2cc(Br)ccc21. The van der Waals surface area contributed by atoms with Crippen LogP contribution in [-0.2, 0) is 11.3 Å². The van der Waals surface area contributed by atoms with E-state index in [1.807, 2.05) is 29.7 Å². The number of nitro groups is 2. The number of carbonyl (C=O) groups excluding carboxylic acids is 1. The number of ether oxygens (including phenoxy) is 1. The molecule has 0 saturated heterocycles. The molecule has 0 bridgehead atoms. The molecule has 2 aromatic carbocycles. The maximum atomic E-state index is 12.7. The van der Waals surface area contributed by atoms with E-state index >= 15 is 0 Å². The van der Waals surface area contributed by atoms with Gasteiger partial charge in [-0.05, 0) is 25.1 Å². The van der Waals surface area contributed by atoms with E-state index < -0.39 is 27.1 Å². The first kappa shape index (κ1) is 21.7. The van der Waals surface area contributed by atoms with E-state index in [4.69, 9.17) is 4.74 Å². The number of carbonyl (C=O) groups is 1. The number of nitro benzene ring substituents is 2. The molecule has 10 nitrogen and oxygen atoms in total. The van der Waals surface area contributed by atoms with Gasteiger partial charge >= 0.3 is 0 Å². The Morgan fingerprint density at radius 3 is 2.43 bits per heavy atom. The van der Waals surface area contributed by atoms with Crippen LogP contribution in [0.3, 0.4) is 0 Å². The Labute approximate surface area is 181 Å². The van der Waals surface area contributed by atoms with E-state index in [1.165, 1.54) is 11.3 Å². The summed E-state index contributed by atoms with van der Waals surface area (Å²) in [5.74, 6) is -0.808. The number of thiazole rings is 1. The molecule has 0 atom stereocenters. The monoisotopic (exact) mass is 494 g/mol. The van der Waals surface area contributed by atoms with E-state index in [0.29, 0.717) is 24.6 Å². The van der Waals surface area contributed by atoms with E-state index in [1.54, 1.807) is 0 Å². The van der Waals surface area contributed by atoms with Gasteiger partial charge in [0.15, 0.2) is 4.80 Å². The minimum absolute atomic E-state index is 0.231. The molecule has 0 aliphatic heterocycles. The molecule has 0 fully saturated rings. The molecule has 156 valence electrons.